The van der Waals surface area contributed by atoms with Crippen LogP contribution in [-0.2, 0) is 4.79 Å². The zero-order valence-corrected chi connectivity index (χ0v) is 17.5. The molecule has 3 amide bonds. The minimum atomic E-state index is -0.0316. The number of hydrogen-bond donors (Lipinski definition) is 1. The average molecular weight is 400 g/mol. The number of benzene rings is 1. The monoisotopic (exact) mass is 399 g/mol. The number of hydrogen-bond acceptors (Lipinski definition) is 4. The van der Waals surface area contributed by atoms with Gasteiger partial charge in [0.2, 0.25) is 5.91 Å². The fraction of sp³-hybridized carbons (Fsp3) is 0.636. The topological polar surface area (TPSA) is 59.1 Å². The molecule has 0 atom stereocenters. The van der Waals surface area contributed by atoms with Crippen LogP contribution in [0.4, 0.5) is 16.2 Å². The Balaban J connectivity index is 1.34. The highest BCUT2D eigenvalue weighted by Crippen LogP contribution is 2.28. The number of anilines is 2. The summed E-state index contributed by atoms with van der Waals surface area (Å²) >= 11 is 0. The molecule has 0 spiro atoms. The number of carbonyl (C=O) groups excluding carboxylic acids is 2. The molecule has 4 rings (SSSR count). The molecular weight excluding hydrogens is 366 g/mol. The Morgan fingerprint density at radius 1 is 1.03 bits per heavy atom. The predicted octanol–water partition coefficient (Wildman–Crippen LogP) is 2.45. The predicted molar refractivity (Wildman–Crippen MR) is 115 cm³/mol. The van der Waals surface area contributed by atoms with E-state index in [0.29, 0.717) is 25.6 Å². The smallest absolute Gasteiger partial charge is 0.321 e. The minimum absolute atomic E-state index is 0.0316. The molecule has 0 bridgehead atoms. The number of nitrogens with one attached hydrogen (secondary N) is 1. The second-order valence-corrected chi connectivity index (χ2v) is 8.28. The summed E-state index contributed by atoms with van der Waals surface area (Å²) in [5.41, 5.74) is 1.99. The van der Waals surface area contributed by atoms with Crippen LogP contribution in [0, 0.1) is 0 Å². The van der Waals surface area contributed by atoms with Crippen molar-refractivity contribution in [3.05, 3.63) is 24.3 Å². The maximum absolute atomic E-state index is 12.9. The number of urea groups is 1. The highest BCUT2D eigenvalue weighted by molar-refractivity contribution is 5.93. The zero-order chi connectivity index (χ0) is 20.2. The van der Waals surface area contributed by atoms with Crippen LogP contribution in [0.2, 0.25) is 0 Å². The number of rotatable bonds is 4. The van der Waals surface area contributed by atoms with E-state index in [1.807, 2.05) is 28.0 Å². The van der Waals surface area contributed by atoms with E-state index >= 15 is 0 Å². The largest absolute Gasteiger partial charge is 0.367 e. The fourth-order valence-corrected chi connectivity index (χ4v) is 4.79. The molecule has 1 N–H and O–H groups in total. The summed E-state index contributed by atoms with van der Waals surface area (Å²) in [5, 5.41) is 3.15. The van der Waals surface area contributed by atoms with Gasteiger partial charge in [-0.1, -0.05) is 19.1 Å². The van der Waals surface area contributed by atoms with Gasteiger partial charge in [-0.25, -0.2) is 4.79 Å². The standard InChI is InChI=1S/C22H33N5O2/c1-2-24-14-16-25(17-15-24)20-7-4-3-6-19(20)23-22(29)26-12-9-18(10-13-26)27-11-5-8-21(27)28/h3-4,6-7,18H,2,5,8-17H2,1H3,(H,23,29). The fourth-order valence-electron chi connectivity index (χ4n) is 4.79. The summed E-state index contributed by atoms with van der Waals surface area (Å²) in [5.74, 6) is 0.282. The SMILES string of the molecule is CCN1CCN(c2ccccc2NC(=O)N2CCC(N3CCCC3=O)CC2)CC1. The van der Waals surface area contributed by atoms with E-state index in [0.717, 1.165) is 69.9 Å². The van der Waals surface area contributed by atoms with Crippen LogP contribution in [0.1, 0.15) is 32.6 Å². The summed E-state index contributed by atoms with van der Waals surface area (Å²) in [7, 11) is 0. The van der Waals surface area contributed by atoms with Crippen molar-refractivity contribution in [1.29, 1.82) is 0 Å². The molecule has 158 valence electrons. The molecule has 0 radical (unpaired) electrons. The molecule has 3 heterocycles. The van der Waals surface area contributed by atoms with E-state index in [-0.39, 0.29) is 11.9 Å². The molecule has 0 saturated carbocycles. The van der Waals surface area contributed by atoms with Crippen molar-refractivity contribution in [3.63, 3.8) is 0 Å². The second kappa shape index (κ2) is 9.03. The Morgan fingerprint density at radius 3 is 2.41 bits per heavy atom. The third kappa shape index (κ3) is 4.50. The number of piperidine rings is 1. The van der Waals surface area contributed by atoms with E-state index < -0.39 is 0 Å². The van der Waals surface area contributed by atoms with Gasteiger partial charge in [0, 0.05) is 58.3 Å². The Morgan fingerprint density at radius 2 is 1.76 bits per heavy atom. The lowest BCUT2D eigenvalue weighted by Crippen LogP contribution is -2.48. The molecule has 0 unspecified atom stereocenters. The number of piperazine rings is 1. The first-order valence-electron chi connectivity index (χ1n) is 11.1. The van der Waals surface area contributed by atoms with Gasteiger partial charge in [-0.05, 0) is 37.9 Å². The molecule has 1 aromatic carbocycles. The molecule has 0 aliphatic carbocycles. The zero-order valence-electron chi connectivity index (χ0n) is 17.5. The van der Waals surface area contributed by atoms with E-state index in [2.05, 4.69) is 28.1 Å². The van der Waals surface area contributed by atoms with Crippen molar-refractivity contribution in [2.45, 2.75) is 38.6 Å². The first kappa shape index (κ1) is 20.0. The Bertz CT molecular complexity index is 724. The van der Waals surface area contributed by atoms with Gasteiger partial charge in [0.1, 0.15) is 0 Å². The number of amides is 3. The highest BCUT2D eigenvalue weighted by Gasteiger charge is 2.32. The lowest BCUT2D eigenvalue weighted by Gasteiger charge is -2.38. The number of carbonyl (C=O) groups is 2. The summed E-state index contributed by atoms with van der Waals surface area (Å²) in [6, 6.07) is 8.38. The average Bonchev–Trinajstić information content (AvgIpc) is 3.20. The van der Waals surface area contributed by atoms with Crippen molar-refractivity contribution in [3.8, 4) is 0 Å². The minimum Gasteiger partial charge on any atom is -0.367 e. The normalized spacial score (nSPS) is 21.7. The lowest BCUT2D eigenvalue weighted by molar-refractivity contribution is -0.130. The quantitative estimate of drug-likeness (QED) is 0.845. The van der Waals surface area contributed by atoms with Crippen LogP contribution >= 0.6 is 0 Å². The Hall–Kier alpha value is -2.28. The van der Waals surface area contributed by atoms with Gasteiger partial charge in [0.05, 0.1) is 11.4 Å². The van der Waals surface area contributed by atoms with Crippen LogP contribution in [0.5, 0.6) is 0 Å². The molecule has 29 heavy (non-hydrogen) atoms. The molecular formula is C22H33N5O2. The van der Waals surface area contributed by atoms with Gasteiger partial charge in [0.25, 0.3) is 0 Å². The maximum Gasteiger partial charge on any atom is 0.321 e. The highest BCUT2D eigenvalue weighted by atomic mass is 16.2. The van der Waals surface area contributed by atoms with Crippen molar-refractivity contribution in [1.82, 2.24) is 14.7 Å². The van der Waals surface area contributed by atoms with Gasteiger partial charge >= 0.3 is 6.03 Å². The molecule has 0 aromatic heterocycles. The molecule has 3 aliphatic heterocycles. The Kier molecular flexibility index (Phi) is 6.23. The van der Waals surface area contributed by atoms with Crippen LogP contribution in [-0.4, -0.2) is 85.0 Å². The van der Waals surface area contributed by atoms with Crippen molar-refractivity contribution in [2.75, 3.05) is 62.6 Å². The van der Waals surface area contributed by atoms with E-state index in [1.54, 1.807) is 0 Å². The number of likely N-dealkylation sites (N-methyl/N-ethyl adjacent to an activating group) is 1. The van der Waals surface area contributed by atoms with Crippen molar-refractivity contribution < 1.29 is 9.59 Å². The van der Waals surface area contributed by atoms with Gasteiger partial charge in [0.15, 0.2) is 0 Å². The van der Waals surface area contributed by atoms with Gasteiger partial charge < -0.3 is 24.9 Å². The third-order valence-corrected chi connectivity index (χ3v) is 6.61. The van der Waals surface area contributed by atoms with Crippen LogP contribution in [0.25, 0.3) is 0 Å². The first-order valence-corrected chi connectivity index (χ1v) is 11.1. The third-order valence-electron chi connectivity index (χ3n) is 6.61. The molecule has 1 aromatic rings. The first-order chi connectivity index (χ1) is 14.2. The van der Waals surface area contributed by atoms with Crippen LogP contribution in [0.15, 0.2) is 24.3 Å². The summed E-state index contributed by atoms with van der Waals surface area (Å²) in [4.78, 5) is 33.6. The molecule has 7 nitrogen and oxygen atoms in total. The van der Waals surface area contributed by atoms with Crippen molar-refractivity contribution in [2.24, 2.45) is 0 Å². The van der Waals surface area contributed by atoms with E-state index in [9.17, 15) is 9.59 Å². The number of likely N-dealkylation sites (tertiary alicyclic amines) is 2. The summed E-state index contributed by atoms with van der Waals surface area (Å²) in [6.45, 7) is 9.66. The molecule has 3 fully saturated rings. The lowest BCUT2D eigenvalue weighted by atomic mass is 10.0. The van der Waals surface area contributed by atoms with Crippen LogP contribution < -0.4 is 10.2 Å². The maximum atomic E-state index is 12.9. The van der Waals surface area contributed by atoms with Gasteiger partial charge in [-0.15, -0.1) is 0 Å². The van der Waals surface area contributed by atoms with Gasteiger partial charge in [-0.3, -0.25) is 4.79 Å². The van der Waals surface area contributed by atoms with E-state index in [1.165, 1.54) is 0 Å². The van der Waals surface area contributed by atoms with Gasteiger partial charge in [-0.2, -0.15) is 0 Å². The summed E-state index contributed by atoms with van der Waals surface area (Å²) < 4.78 is 0. The second-order valence-electron chi connectivity index (χ2n) is 8.28. The number of para-hydroxylation sites is 2. The Labute approximate surface area is 173 Å². The summed E-state index contributed by atoms with van der Waals surface area (Å²) in [6.07, 6.45) is 3.41. The van der Waals surface area contributed by atoms with E-state index in [4.69, 9.17) is 0 Å². The molecule has 7 heteroatoms. The number of nitrogens with zero attached hydrogens (tertiary/aromatic N) is 4. The molecule has 3 saturated heterocycles. The molecule has 3 aliphatic rings. The van der Waals surface area contributed by atoms with Crippen LogP contribution in [0.3, 0.4) is 0 Å². The van der Waals surface area contributed by atoms with Crippen molar-refractivity contribution >= 4 is 23.3 Å².